The smallest absolute Gasteiger partial charge is 0.334 e. The molecule has 2 amide bonds. The molecule has 2 heterocycles. The highest BCUT2D eigenvalue weighted by Gasteiger charge is 2.38. The van der Waals surface area contributed by atoms with Crippen LogP contribution in [0.15, 0.2) is 24.3 Å². The van der Waals surface area contributed by atoms with Crippen molar-refractivity contribution in [2.45, 2.75) is 19.1 Å². The van der Waals surface area contributed by atoms with Crippen LogP contribution in [0.5, 0.6) is 5.75 Å². The lowest BCUT2D eigenvalue weighted by Gasteiger charge is -2.32. The molecule has 2 saturated heterocycles. The number of amides is 2. The number of nitrogens with zero attached hydrogens (tertiary/aromatic N) is 2. The molecule has 1 aromatic carbocycles. The zero-order valence-electron chi connectivity index (χ0n) is 14.6. The summed E-state index contributed by atoms with van der Waals surface area (Å²) in [5.74, 6) is -1.01. The number of methoxy groups -OCH3 is 1. The molecule has 0 aliphatic carbocycles. The van der Waals surface area contributed by atoms with Crippen LogP contribution < -0.4 is 4.74 Å². The van der Waals surface area contributed by atoms with Crippen molar-refractivity contribution in [3.8, 4) is 5.75 Å². The van der Waals surface area contributed by atoms with Gasteiger partial charge >= 0.3 is 5.97 Å². The minimum absolute atomic E-state index is 0.0251. The zero-order chi connectivity index (χ0) is 18.7. The lowest BCUT2D eigenvalue weighted by Crippen LogP contribution is -2.50. The van der Waals surface area contributed by atoms with Gasteiger partial charge in [0.25, 0.3) is 0 Å². The van der Waals surface area contributed by atoms with Gasteiger partial charge in [-0.2, -0.15) is 0 Å². The van der Waals surface area contributed by atoms with Crippen LogP contribution in [0.25, 0.3) is 0 Å². The van der Waals surface area contributed by atoms with Crippen LogP contribution in [0, 0.1) is 5.92 Å². The van der Waals surface area contributed by atoms with Gasteiger partial charge in [0.1, 0.15) is 5.75 Å². The molecule has 2 aliphatic rings. The SMILES string of the molecule is COc1ccc(CN2C[C@H](C(=O)N3CCO[C@@H](C(=O)O)C3)CC2=O)cc1. The first-order chi connectivity index (χ1) is 12.5. The third kappa shape index (κ3) is 3.96. The van der Waals surface area contributed by atoms with E-state index in [1.807, 2.05) is 24.3 Å². The first-order valence-corrected chi connectivity index (χ1v) is 8.52. The summed E-state index contributed by atoms with van der Waals surface area (Å²) < 4.78 is 10.3. The van der Waals surface area contributed by atoms with Crippen molar-refractivity contribution in [3.63, 3.8) is 0 Å². The predicted octanol–water partition coefficient (Wildman–Crippen LogP) is 0.356. The Hall–Kier alpha value is -2.61. The van der Waals surface area contributed by atoms with Crippen LogP contribution in [0.2, 0.25) is 0 Å². The Balaban J connectivity index is 1.59. The lowest BCUT2D eigenvalue weighted by molar-refractivity contribution is -0.160. The van der Waals surface area contributed by atoms with Crippen LogP contribution in [0.1, 0.15) is 12.0 Å². The highest BCUT2D eigenvalue weighted by atomic mass is 16.5. The van der Waals surface area contributed by atoms with Gasteiger partial charge in [-0.25, -0.2) is 4.79 Å². The molecule has 3 rings (SSSR count). The number of morpholine rings is 1. The summed E-state index contributed by atoms with van der Waals surface area (Å²) in [7, 11) is 1.59. The second-order valence-electron chi connectivity index (χ2n) is 6.51. The Kier molecular flexibility index (Phi) is 5.41. The maximum absolute atomic E-state index is 12.7. The fourth-order valence-corrected chi connectivity index (χ4v) is 3.30. The molecule has 26 heavy (non-hydrogen) atoms. The fraction of sp³-hybridized carbons (Fsp3) is 0.500. The number of aliphatic carboxylic acids is 1. The van der Waals surface area contributed by atoms with Crippen molar-refractivity contribution in [2.24, 2.45) is 5.92 Å². The molecule has 2 fully saturated rings. The minimum atomic E-state index is -1.08. The number of benzene rings is 1. The third-order valence-corrected chi connectivity index (χ3v) is 4.75. The molecular weight excluding hydrogens is 340 g/mol. The van der Waals surface area contributed by atoms with Gasteiger partial charge in [0.05, 0.1) is 26.2 Å². The lowest BCUT2D eigenvalue weighted by atomic mass is 10.1. The Morgan fingerprint density at radius 1 is 1.27 bits per heavy atom. The van der Waals surface area contributed by atoms with Gasteiger partial charge in [0.15, 0.2) is 6.10 Å². The summed E-state index contributed by atoms with van der Waals surface area (Å²) in [5.41, 5.74) is 0.963. The summed E-state index contributed by atoms with van der Waals surface area (Å²) in [6.07, 6.45) is -0.843. The fourth-order valence-electron chi connectivity index (χ4n) is 3.30. The van der Waals surface area contributed by atoms with E-state index in [4.69, 9.17) is 14.6 Å². The standard InChI is InChI=1S/C18H22N2O6/c1-25-14-4-2-12(3-5-14)9-20-10-13(8-16(20)21)17(22)19-6-7-26-15(11-19)18(23)24/h2-5,13,15H,6-11H2,1H3,(H,23,24)/t13-,15-/m1/s1. The monoisotopic (exact) mass is 362 g/mol. The molecule has 0 bridgehead atoms. The quantitative estimate of drug-likeness (QED) is 0.812. The van der Waals surface area contributed by atoms with Gasteiger partial charge in [0, 0.05) is 26.1 Å². The summed E-state index contributed by atoms with van der Waals surface area (Å²) in [6.45, 7) is 1.36. The first kappa shape index (κ1) is 18.2. The molecule has 140 valence electrons. The minimum Gasteiger partial charge on any atom is -0.497 e. The number of carbonyl (C=O) groups is 3. The van der Waals surface area contributed by atoms with E-state index in [0.29, 0.717) is 19.6 Å². The van der Waals surface area contributed by atoms with E-state index < -0.39 is 18.0 Å². The Morgan fingerprint density at radius 3 is 2.65 bits per heavy atom. The molecule has 0 spiro atoms. The molecule has 2 atom stereocenters. The summed E-state index contributed by atoms with van der Waals surface area (Å²) in [4.78, 5) is 39.2. The molecule has 1 aromatic rings. The number of carbonyl (C=O) groups excluding carboxylic acids is 2. The molecule has 0 aromatic heterocycles. The third-order valence-electron chi connectivity index (χ3n) is 4.75. The number of likely N-dealkylation sites (tertiary alicyclic amines) is 1. The summed E-state index contributed by atoms with van der Waals surface area (Å²) >= 11 is 0. The second kappa shape index (κ2) is 7.74. The van der Waals surface area contributed by atoms with E-state index in [0.717, 1.165) is 11.3 Å². The van der Waals surface area contributed by atoms with Crippen molar-refractivity contribution >= 4 is 17.8 Å². The average Bonchev–Trinajstić information content (AvgIpc) is 3.02. The normalized spacial score (nSPS) is 23.2. The Morgan fingerprint density at radius 2 is 2.00 bits per heavy atom. The van der Waals surface area contributed by atoms with E-state index in [1.165, 1.54) is 4.90 Å². The number of hydrogen-bond acceptors (Lipinski definition) is 5. The largest absolute Gasteiger partial charge is 0.497 e. The molecule has 0 radical (unpaired) electrons. The number of hydrogen-bond donors (Lipinski definition) is 1. The summed E-state index contributed by atoms with van der Waals surface area (Å²) in [6, 6.07) is 7.44. The topological polar surface area (TPSA) is 96.4 Å². The second-order valence-corrected chi connectivity index (χ2v) is 6.51. The van der Waals surface area contributed by atoms with Crippen molar-refractivity contribution in [1.82, 2.24) is 9.80 Å². The van der Waals surface area contributed by atoms with E-state index in [1.54, 1.807) is 12.0 Å². The van der Waals surface area contributed by atoms with Gasteiger partial charge in [-0.1, -0.05) is 12.1 Å². The molecule has 8 nitrogen and oxygen atoms in total. The number of ether oxygens (including phenoxy) is 2. The highest BCUT2D eigenvalue weighted by Crippen LogP contribution is 2.24. The summed E-state index contributed by atoms with van der Waals surface area (Å²) in [5, 5.41) is 9.05. The predicted molar refractivity (Wildman–Crippen MR) is 90.5 cm³/mol. The van der Waals surface area contributed by atoms with Gasteiger partial charge in [0.2, 0.25) is 11.8 Å². The van der Waals surface area contributed by atoms with E-state index in [2.05, 4.69) is 0 Å². The highest BCUT2D eigenvalue weighted by molar-refractivity contribution is 5.89. The van der Waals surface area contributed by atoms with Gasteiger partial charge in [-0.05, 0) is 17.7 Å². The van der Waals surface area contributed by atoms with Crippen molar-refractivity contribution in [1.29, 1.82) is 0 Å². The number of carboxylic acids is 1. The van der Waals surface area contributed by atoms with Gasteiger partial charge < -0.3 is 24.4 Å². The molecule has 2 aliphatic heterocycles. The first-order valence-electron chi connectivity index (χ1n) is 8.52. The van der Waals surface area contributed by atoms with E-state index in [-0.39, 0.29) is 31.4 Å². The zero-order valence-corrected chi connectivity index (χ0v) is 14.6. The van der Waals surface area contributed by atoms with Crippen LogP contribution in [0.3, 0.4) is 0 Å². The molecule has 0 saturated carbocycles. The van der Waals surface area contributed by atoms with Crippen molar-refractivity contribution in [3.05, 3.63) is 29.8 Å². The molecule has 1 N–H and O–H groups in total. The van der Waals surface area contributed by atoms with Crippen LogP contribution in [-0.4, -0.2) is 72.1 Å². The van der Waals surface area contributed by atoms with Gasteiger partial charge in [-0.15, -0.1) is 0 Å². The maximum Gasteiger partial charge on any atom is 0.334 e. The van der Waals surface area contributed by atoms with Gasteiger partial charge in [-0.3, -0.25) is 9.59 Å². The number of rotatable bonds is 5. The van der Waals surface area contributed by atoms with Crippen LogP contribution in [-0.2, 0) is 25.7 Å². The van der Waals surface area contributed by atoms with Crippen LogP contribution >= 0.6 is 0 Å². The molecule has 8 heteroatoms. The van der Waals surface area contributed by atoms with E-state index >= 15 is 0 Å². The Bertz CT molecular complexity index is 689. The van der Waals surface area contributed by atoms with Crippen LogP contribution in [0.4, 0.5) is 0 Å². The van der Waals surface area contributed by atoms with E-state index in [9.17, 15) is 14.4 Å². The molecule has 0 unspecified atom stereocenters. The Labute approximate surface area is 151 Å². The maximum atomic E-state index is 12.7. The molecular formula is C18H22N2O6. The van der Waals surface area contributed by atoms with Crippen molar-refractivity contribution in [2.75, 3.05) is 33.4 Å². The van der Waals surface area contributed by atoms with Crippen molar-refractivity contribution < 1.29 is 29.0 Å². The number of carboxylic acid groups (broad SMARTS) is 1. The average molecular weight is 362 g/mol.